The maximum Gasteiger partial charge on any atom is 0.171 e. The Kier molecular flexibility index (Phi) is 5.04. The molecule has 0 amide bonds. The Morgan fingerprint density at radius 2 is 2.17 bits per heavy atom. The first-order chi connectivity index (χ1) is 8.65. The third-order valence-corrected chi connectivity index (χ3v) is 4.76. The molecule has 1 heterocycles. The molecule has 0 spiro atoms. The summed E-state index contributed by atoms with van der Waals surface area (Å²) in [6.45, 7) is 2.08. The van der Waals surface area contributed by atoms with Gasteiger partial charge in [0.2, 0.25) is 0 Å². The first kappa shape index (κ1) is 14.3. The fraction of sp³-hybridized carbons (Fsp3) is 0.692. The van der Waals surface area contributed by atoms with Gasteiger partial charge < -0.3 is 14.8 Å². The topological polar surface area (TPSA) is 30.5 Å². The number of halogens is 1. The van der Waals surface area contributed by atoms with Crippen molar-refractivity contribution in [1.82, 2.24) is 5.32 Å². The summed E-state index contributed by atoms with van der Waals surface area (Å²) in [5.41, 5.74) is 1.36. The second kappa shape index (κ2) is 6.35. The zero-order chi connectivity index (χ0) is 13.1. The molecular formula is C13H20ClNO2S. The van der Waals surface area contributed by atoms with Gasteiger partial charge in [-0.25, -0.2) is 0 Å². The van der Waals surface area contributed by atoms with Crippen LogP contribution in [0.25, 0.3) is 0 Å². The normalized spacial score (nSPS) is 21.1. The zero-order valence-electron chi connectivity index (χ0n) is 11.0. The first-order valence-corrected chi connectivity index (χ1v) is 7.45. The highest BCUT2D eigenvalue weighted by Gasteiger charge is 2.26. The smallest absolute Gasteiger partial charge is 0.171 e. The lowest BCUT2D eigenvalue weighted by atomic mass is 9.93. The maximum absolute atomic E-state index is 6.11. The highest BCUT2D eigenvalue weighted by Crippen LogP contribution is 2.38. The molecular weight excluding hydrogens is 270 g/mol. The highest BCUT2D eigenvalue weighted by atomic mass is 35.5. The number of hydrogen-bond acceptors (Lipinski definition) is 4. The van der Waals surface area contributed by atoms with Crippen LogP contribution >= 0.6 is 22.9 Å². The van der Waals surface area contributed by atoms with Gasteiger partial charge in [0.25, 0.3) is 0 Å². The molecule has 2 rings (SSSR count). The molecule has 1 aromatic rings. The number of fused-ring (bicyclic) bond motifs is 1. The predicted octanol–water partition coefficient (Wildman–Crippen LogP) is 3.38. The van der Waals surface area contributed by atoms with Crippen LogP contribution in [0.2, 0.25) is 4.34 Å². The van der Waals surface area contributed by atoms with Gasteiger partial charge in [-0.3, -0.25) is 0 Å². The van der Waals surface area contributed by atoms with Crippen molar-refractivity contribution in [2.45, 2.75) is 44.6 Å². The van der Waals surface area contributed by atoms with E-state index in [1.165, 1.54) is 16.9 Å². The zero-order valence-corrected chi connectivity index (χ0v) is 12.6. The fourth-order valence-corrected chi connectivity index (χ4v) is 3.98. The van der Waals surface area contributed by atoms with E-state index in [-0.39, 0.29) is 12.3 Å². The van der Waals surface area contributed by atoms with Gasteiger partial charge in [0.05, 0.1) is 10.4 Å². The van der Waals surface area contributed by atoms with Gasteiger partial charge in [0.15, 0.2) is 6.29 Å². The molecule has 5 heteroatoms. The molecule has 18 heavy (non-hydrogen) atoms. The van der Waals surface area contributed by atoms with Crippen LogP contribution in [0.1, 0.15) is 36.2 Å². The highest BCUT2D eigenvalue weighted by molar-refractivity contribution is 7.16. The van der Waals surface area contributed by atoms with Crippen molar-refractivity contribution in [1.29, 1.82) is 0 Å². The molecule has 1 aromatic heterocycles. The molecule has 0 bridgehead atoms. The van der Waals surface area contributed by atoms with Crippen LogP contribution in [-0.4, -0.2) is 26.6 Å². The summed E-state index contributed by atoms with van der Waals surface area (Å²) in [6, 6.07) is 2.61. The summed E-state index contributed by atoms with van der Waals surface area (Å²) in [6.07, 6.45) is 3.28. The lowest BCUT2D eigenvalue weighted by Crippen LogP contribution is -2.42. The van der Waals surface area contributed by atoms with Crippen molar-refractivity contribution < 1.29 is 9.47 Å². The molecule has 1 N–H and O–H groups in total. The van der Waals surface area contributed by atoms with Gasteiger partial charge in [-0.2, -0.15) is 0 Å². The number of nitrogens with one attached hydrogen (secondary N) is 1. The molecule has 0 aliphatic heterocycles. The quantitative estimate of drug-likeness (QED) is 0.843. The summed E-state index contributed by atoms with van der Waals surface area (Å²) in [7, 11) is 3.33. The average molecular weight is 290 g/mol. The first-order valence-electron chi connectivity index (χ1n) is 6.25. The number of rotatable bonds is 5. The summed E-state index contributed by atoms with van der Waals surface area (Å²) in [4.78, 5) is 1.42. The molecule has 2 unspecified atom stereocenters. The molecule has 2 atom stereocenters. The lowest BCUT2D eigenvalue weighted by Gasteiger charge is -2.30. The molecule has 0 saturated carbocycles. The monoisotopic (exact) mass is 289 g/mol. The van der Waals surface area contributed by atoms with Gasteiger partial charge in [0, 0.05) is 25.1 Å². The summed E-state index contributed by atoms with van der Waals surface area (Å²) < 4.78 is 11.5. The Bertz CT molecular complexity index is 392. The van der Waals surface area contributed by atoms with Crippen LogP contribution in [-0.2, 0) is 15.9 Å². The van der Waals surface area contributed by atoms with E-state index in [0.717, 1.165) is 17.2 Å². The Labute approximate surface area is 117 Å². The standard InChI is InChI=1S/C13H20ClNO2S/c1-8(13(16-2)17-3)15-10-5-4-6-11-9(10)7-12(14)18-11/h7-8,10,13,15H,4-6H2,1-3H3. The minimum atomic E-state index is -0.218. The summed E-state index contributed by atoms with van der Waals surface area (Å²) in [5, 5.41) is 3.59. The number of hydrogen-bond donors (Lipinski definition) is 1. The van der Waals surface area contributed by atoms with Crippen LogP contribution in [0, 0.1) is 0 Å². The SMILES string of the molecule is COC(OC)C(C)NC1CCCc2sc(Cl)cc21. The summed E-state index contributed by atoms with van der Waals surface area (Å²) >= 11 is 7.82. The Morgan fingerprint density at radius 3 is 2.83 bits per heavy atom. The van der Waals surface area contributed by atoms with Crippen molar-refractivity contribution in [3.05, 3.63) is 20.8 Å². The average Bonchev–Trinajstić information content (AvgIpc) is 2.72. The van der Waals surface area contributed by atoms with Crippen LogP contribution in [0.4, 0.5) is 0 Å². The van der Waals surface area contributed by atoms with E-state index in [1.54, 1.807) is 25.6 Å². The summed E-state index contributed by atoms with van der Waals surface area (Å²) in [5.74, 6) is 0. The van der Waals surface area contributed by atoms with Crippen LogP contribution < -0.4 is 5.32 Å². The Balaban J connectivity index is 2.06. The number of aryl methyl sites for hydroxylation is 1. The molecule has 1 aliphatic rings. The maximum atomic E-state index is 6.11. The minimum absolute atomic E-state index is 0.148. The molecule has 1 aliphatic carbocycles. The number of thiophene rings is 1. The van der Waals surface area contributed by atoms with Crippen LogP contribution in [0.15, 0.2) is 6.07 Å². The number of ether oxygens (including phenoxy) is 2. The molecule has 3 nitrogen and oxygen atoms in total. The van der Waals surface area contributed by atoms with E-state index in [2.05, 4.69) is 18.3 Å². The van der Waals surface area contributed by atoms with Gasteiger partial charge >= 0.3 is 0 Å². The molecule has 102 valence electrons. The number of methoxy groups -OCH3 is 2. The van der Waals surface area contributed by atoms with E-state index >= 15 is 0 Å². The van der Waals surface area contributed by atoms with E-state index in [0.29, 0.717) is 6.04 Å². The van der Waals surface area contributed by atoms with Crippen molar-refractivity contribution in [3.8, 4) is 0 Å². The Morgan fingerprint density at radius 1 is 1.44 bits per heavy atom. The second-order valence-corrected chi connectivity index (χ2v) is 6.44. The largest absolute Gasteiger partial charge is 0.354 e. The fourth-order valence-electron chi connectivity index (χ4n) is 2.59. The molecule has 0 radical (unpaired) electrons. The third-order valence-electron chi connectivity index (χ3n) is 3.42. The Hall–Kier alpha value is -0.130. The lowest BCUT2D eigenvalue weighted by molar-refractivity contribution is -0.121. The van der Waals surface area contributed by atoms with E-state index in [9.17, 15) is 0 Å². The van der Waals surface area contributed by atoms with Gasteiger partial charge in [-0.05, 0) is 37.8 Å². The van der Waals surface area contributed by atoms with Crippen molar-refractivity contribution in [2.75, 3.05) is 14.2 Å². The second-order valence-electron chi connectivity index (χ2n) is 4.67. The van der Waals surface area contributed by atoms with E-state index in [1.807, 2.05) is 0 Å². The van der Waals surface area contributed by atoms with Crippen molar-refractivity contribution >= 4 is 22.9 Å². The van der Waals surface area contributed by atoms with E-state index < -0.39 is 0 Å². The predicted molar refractivity (Wildman–Crippen MR) is 75.4 cm³/mol. The third kappa shape index (κ3) is 3.06. The van der Waals surface area contributed by atoms with Crippen LogP contribution in [0.3, 0.4) is 0 Å². The van der Waals surface area contributed by atoms with Crippen molar-refractivity contribution in [2.24, 2.45) is 0 Å². The van der Waals surface area contributed by atoms with Gasteiger partial charge in [-0.1, -0.05) is 11.6 Å². The van der Waals surface area contributed by atoms with Crippen molar-refractivity contribution in [3.63, 3.8) is 0 Å². The molecule has 0 saturated heterocycles. The molecule has 0 aromatic carbocycles. The van der Waals surface area contributed by atoms with E-state index in [4.69, 9.17) is 21.1 Å². The van der Waals surface area contributed by atoms with Gasteiger partial charge in [-0.15, -0.1) is 11.3 Å². The molecule has 0 fully saturated rings. The minimum Gasteiger partial charge on any atom is -0.354 e. The van der Waals surface area contributed by atoms with Gasteiger partial charge in [0.1, 0.15) is 0 Å². The van der Waals surface area contributed by atoms with Crippen LogP contribution in [0.5, 0.6) is 0 Å².